The van der Waals surface area contributed by atoms with Crippen LogP contribution in [0.15, 0.2) is 72.0 Å². The van der Waals surface area contributed by atoms with Crippen LogP contribution in [0.3, 0.4) is 0 Å². The second kappa shape index (κ2) is 13.0. The standard InChI is InChI=1S/C24H31N5O.HI/c1-4-25-24(27-16-20(3)30-22-13-9-8-10-19(22)2)28-17-23-26-14-15-29(23)18-21-11-6-5-7-12-21;/h5-15,20H,4,16-18H2,1-3H3,(H2,25,27,28);1H. The zero-order valence-electron chi connectivity index (χ0n) is 18.4. The first-order chi connectivity index (χ1) is 14.7. The van der Waals surface area contributed by atoms with Gasteiger partial charge in [0.05, 0.1) is 6.54 Å². The summed E-state index contributed by atoms with van der Waals surface area (Å²) >= 11 is 0. The van der Waals surface area contributed by atoms with Gasteiger partial charge in [-0.15, -0.1) is 24.0 Å². The largest absolute Gasteiger partial charge is 0.489 e. The molecule has 0 aliphatic carbocycles. The lowest BCUT2D eigenvalue weighted by Crippen LogP contribution is -2.41. The molecule has 1 heterocycles. The third-order valence-corrected chi connectivity index (χ3v) is 4.70. The highest BCUT2D eigenvalue weighted by Crippen LogP contribution is 2.17. The molecule has 0 bridgehead atoms. The van der Waals surface area contributed by atoms with Crippen LogP contribution in [-0.2, 0) is 13.1 Å². The monoisotopic (exact) mass is 533 g/mol. The number of para-hydroxylation sites is 1. The Morgan fingerprint density at radius 2 is 1.84 bits per heavy atom. The summed E-state index contributed by atoms with van der Waals surface area (Å²) in [4.78, 5) is 9.19. The van der Waals surface area contributed by atoms with E-state index in [0.717, 1.165) is 36.2 Å². The molecule has 31 heavy (non-hydrogen) atoms. The Hall–Kier alpha value is -2.55. The molecular formula is C24H32IN5O. The van der Waals surface area contributed by atoms with Crippen molar-refractivity contribution in [3.05, 3.63) is 83.9 Å². The topological polar surface area (TPSA) is 63.5 Å². The number of aromatic nitrogens is 2. The molecule has 1 unspecified atom stereocenters. The molecule has 0 saturated heterocycles. The number of guanidine groups is 1. The molecule has 0 amide bonds. The number of halogens is 1. The van der Waals surface area contributed by atoms with Crippen LogP contribution >= 0.6 is 24.0 Å². The van der Waals surface area contributed by atoms with Gasteiger partial charge in [0.15, 0.2) is 5.96 Å². The van der Waals surface area contributed by atoms with Gasteiger partial charge in [0.25, 0.3) is 0 Å². The molecule has 6 nitrogen and oxygen atoms in total. The average molecular weight is 533 g/mol. The molecule has 1 aromatic heterocycles. The average Bonchev–Trinajstić information content (AvgIpc) is 3.19. The molecule has 7 heteroatoms. The Morgan fingerprint density at radius 1 is 1.10 bits per heavy atom. The van der Waals surface area contributed by atoms with E-state index >= 15 is 0 Å². The summed E-state index contributed by atoms with van der Waals surface area (Å²) in [5.74, 6) is 2.60. The number of imidazole rings is 1. The van der Waals surface area contributed by atoms with Crippen LogP contribution in [0.4, 0.5) is 0 Å². The third-order valence-electron chi connectivity index (χ3n) is 4.70. The Labute approximate surface area is 202 Å². The zero-order valence-corrected chi connectivity index (χ0v) is 20.7. The predicted molar refractivity (Wildman–Crippen MR) is 137 cm³/mol. The highest BCUT2D eigenvalue weighted by molar-refractivity contribution is 14.0. The van der Waals surface area contributed by atoms with Crippen LogP contribution in [-0.4, -0.2) is 34.7 Å². The van der Waals surface area contributed by atoms with Crippen molar-refractivity contribution in [2.45, 2.75) is 40.0 Å². The van der Waals surface area contributed by atoms with Crippen molar-refractivity contribution in [2.24, 2.45) is 4.99 Å². The van der Waals surface area contributed by atoms with Gasteiger partial charge in [-0.3, -0.25) is 0 Å². The number of nitrogens with zero attached hydrogens (tertiary/aromatic N) is 3. The minimum Gasteiger partial charge on any atom is -0.489 e. The number of benzene rings is 2. The van der Waals surface area contributed by atoms with Crippen LogP contribution in [0.5, 0.6) is 5.75 Å². The Kier molecular flexibility index (Phi) is 10.4. The van der Waals surface area contributed by atoms with Gasteiger partial charge in [-0.2, -0.15) is 0 Å². The minimum absolute atomic E-state index is 0. The van der Waals surface area contributed by atoms with Gasteiger partial charge in [-0.25, -0.2) is 9.98 Å². The lowest BCUT2D eigenvalue weighted by Gasteiger charge is -2.18. The molecule has 2 N–H and O–H groups in total. The fourth-order valence-corrected chi connectivity index (χ4v) is 3.09. The summed E-state index contributed by atoms with van der Waals surface area (Å²) in [6.07, 6.45) is 3.83. The van der Waals surface area contributed by atoms with Crippen molar-refractivity contribution in [2.75, 3.05) is 13.1 Å². The lowest BCUT2D eigenvalue weighted by molar-refractivity contribution is 0.222. The van der Waals surface area contributed by atoms with Crippen LogP contribution in [0.25, 0.3) is 0 Å². The number of ether oxygens (including phenoxy) is 1. The van der Waals surface area contributed by atoms with E-state index in [1.807, 2.05) is 36.7 Å². The van der Waals surface area contributed by atoms with Crippen molar-refractivity contribution in [1.29, 1.82) is 0 Å². The van der Waals surface area contributed by atoms with E-state index in [2.05, 4.69) is 71.3 Å². The van der Waals surface area contributed by atoms with E-state index in [0.29, 0.717) is 13.1 Å². The molecule has 2 aromatic carbocycles. The van der Waals surface area contributed by atoms with Gasteiger partial charge in [-0.1, -0.05) is 48.5 Å². The SMILES string of the molecule is CCNC(=NCc1nccn1Cc1ccccc1)NCC(C)Oc1ccccc1C.I. The first-order valence-electron chi connectivity index (χ1n) is 10.4. The second-order valence-corrected chi connectivity index (χ2v) is 7.23. The first kappa shape index (κ1) is 24.7. The number of rotatable bonds is 9. The summed E-state index contributed by atoms with van der Waals surface area (Å²) < 4.78 is 8.18. The van der Waals surface area contributed by atoms with Gasteiger partial charge in [0.1, 0.15) is 24.2 Å². The number of hydrogen-bond donors (Lipinski definition) is 2. The van der Waals surface area contributed by atoms with Crippen LogP contribution in [0, 0.1) is 6.92 Å². The number of hydrogen-bond acceptors (Lipinski definition) is 3. The summed E-state index contributed by atoms with van der Waals surface area (Å²) in [6, 6.07) is 18.4. The Bertz CT molecular complexity index is 942. The Balaban J connectivity index is 0.00000341. The maximum absolute atomic E-state index is 6.05. The summed E-state index contributed by atoms with van der Waals surface area (Å²) in [5.41, 5.74) is 2.38. The molecule has 0 aliphatic heterocycles. The van der Waals surface area contributed by atoms with Gasteiger partial charge in [0, 0.05) is 25.5 Å². The molecule has 0 saturated carbocycles. The van der Waals surface area contributed by atoms with E-state index < -0.39 is 0 Å². The lowest BCUT2D eigenvalue weighted by atomic mass is 10.2. The molecule has 166 valence electrons. The maximum Gasteiger partial charge on any atom is 0.191 e. The van der Waals surface area contributed by atoms with E-state index in [1.54, 1.807) is 0 Å². The molecule has 3 aromatic rings. The third kappa shape index (κ3) is 7.90. The molecule has 0 spiro atoms. The number of aliphatic imine (C=N–C) groups is 1. The van der Waals surface area contributed by atoms with Gasteiger partial charge < -0.3 is 19.9 Å². The zero-order chi connectivity index (χ0) is 21.2. The molecule has 1 atom stereocenters. The van der Waals surface area contributed by atoms with Crippen molar-refractivity contribution < 1.29 is 4.74 Å². The predicted octanol–water partition coefficient (Wildman–Crippen LogP) is 4.38. The first-order valence-corrected chi connectivity index (χ1v) is 10.4. The molecular weight excluding hydrogens is 501 g/mol. The van der Waals surface area contributed by atoms with Crippen molar-refractivity contribution in [3.63, 3.8) is 0 Å². The normalized spacial score (nSPS) is 12.0. The molecule has 0 radical (unpaired) electrons. The second-order valence-electron chi connectivity index (χ2n) is 7.23. The van der Waals surface area contributed by atoms with Gasteiger partial charge in [-0.05, 0) is 38.0 Å². The molecule has 3 rings (SSSR count). The van der Waals surface area contributed by atoms with E-state index in [9.17, 15) is 0 Å². The van der Waals surface area contributed by atoms with Crippen LogP contribution < -0.4 is 15.4 Å². The van der Waals surface area contributed by atoms with Crippen molar-refractivity contribution in [3.8, 4) is 5.75 Å². The fraction of sp³-hybridized carbons (Fsp3) is 0.333. The summed E-state index contributed by atoms with van der Waals surface area (Å²) in [6.45, 7) is 8.89. The molecule has 0 aliphatic rings. The van der Waals surface area contributed by atoms with E-state index in [1.165, 1.54) is 5.56 Å². The van der Waals surface area contributed by atoms with E-state index in [-0.39, 0.29) is 30.1 Å². The minimum atomic E-state index is 0. The molecule has 0 fully saturated rings. The summed E-state index contributed by atoms with van der Waals surface area (Å²) in [7, 11) is 0. The van der Waals surface area contributed by atoms with Crippen molar-refractivity contribution >= 4 is 29.9 Å². The van der Waals surface area contributed by atoms with Crippen LogP contribution in [0.1, 0.15) is 30.8 Å². The maximum atomic E-state index is 6.05. The van der Waals surface area contributed by atoms with E-state index in [4.69, 9.17) is 9.73 Å². The Morgan fingerprint density at radius 3 is 2.58 bits per heavy atom. The van der Waals surface area contributed by atoms with Crippen molar-refractivity contribution in [1.82, 2.24) is 20.2 Å². The highest BCUT2D eigenvalue weighted by Gasteiger charge is 2.08. The smallest absolute Gasteiger partial charge is 0.191 e. The van der Waals surface area contributed by atoms with Gasteiger partial charge in [0.2, 0.25) is 0 Å². The van der Waals surface area contributed by atoms with Gasteiger partial charge >= 0.3 is 0 Å². The number of nitrogens with one attached hydrogen (secondary N) is 2. The quantitative estimate of drug-likeness (QED) is 0.244. The summed E-state index contributed by atoms with van der Waals surface area (Å²) in [5, 5.41) is 6.66. The fourth-order valence-electron chi connectivity index (χ4n) is 3.09. The van der Waals surface area contributed by atoms with Crippen LogP contribution in [0.2, 0.25) is 0 Å². The highest BCUT2D eigenvalue weighted by atomic mass is 127. The number of aryl methyl sites for hydroxylation is 1.